The van der Waals surface area contributed by atoms with Gasteiger partial charge in [0.25, 0.3) is 0 Å². The third-order valence-corrected chi connectivity index (χ3v) is 4.67. The second kappa shape index (κ2) is 9.82. The van der Waals surface area contributed by atoms with E-state index in [0.29, 0.717) is 12.8 Å². The van der Waals surface area contributed by atoms with Gasteiger partial charge >= 0.3 is 11.9 Å². The van der Waals surface area contributed by atoms with Crippen LogP contribution in [0.25, 0.3) is 0 Å². The summed E-state index contributed by atoms with van der Waals surface area (Å²) in [6.45, 7) is 1.88. The van der Waals surface area contributed by atoms with Crippen molar-refractivity contribution in [2.24, 2.45) is 0 Å². The second-order valence-corrected chi connectivity index (χ2v) is 6.91. The molecule has 0 spiro atoms. The molecule has 0 radical (unpaired) electrons. The van der Waals surface area contributed by atoms with Gasteiger partial charge < -0.3 is 20.0 Å². The first-order valence-corrected chi connectivity index (χ1v) is 11.0. The minimum Gasteiger partial charge on any atom is -0.469 e. The highest BCUT2D eigenvalue weighted by molar-refractivity contribution is 14.2. The summed E-state index contributed by atoms with van der Waals surface area (Å²) in [7, 11) is 2.66. The van der Waals surface area contributed by atoms with Crippen molar-refractivity contribution >= 4 is 52.3 Å². The number of hydrogen-bond acceptors (Lipinski definition) is 6. The summed E-state index contributed by atoms with van der Waals surface area (Å²) in [5.74, 6) is -1.29. The first kappa shape index (κ1) is 19.8. The van der Waals surface area contributed by atoms with Crippen LogP contribution in [0.2, 0.25) is 0 Å². The Hall–Kier alpha value is -1.21. The van der Waals surface area contributed by atoms with Crippen LogP contribution in [0.5, 0.6) is 0 Å². The van der Waals surface area contributed by atoms with Crippen LogP contribution in [0.15, 0.2) is 12.1 Å². The zero-order chi connectivity index (χ0) is 17.4. The van der Waals surface area contributed by atoms with Crippen molar-refractivity contribution < 1.29 is 19.1 Å². The lowest BCUT2D eigenvalue weighted by Gasteiger charge is -2.19. The van der Waals surface area contributed by atoms with Gasteiger partial charge in [-0.2, -0.15) is 0 Å². The third kappa shape index (κ3) is 5.42. The van der Waals surface area contributed by atoms with Gasteiger partial charge in [-0.25, -0.2) is 0 Å². The van der Waals surface area contributed by atoms with Crippen molar-refractivity contribution in [1.82, 2.24) is 0 Å². The van der Waals surface area contributed by atoms with Gasteiger partial charge in [0.2, 0.25) is 0 Å². The van der Waals surface area contributed by atoms with Crippen LogP contribution in [0.1, 0.15) is 35.4 Å². The number of aryl methyl sites for hydroxylation is 1. The Bertz CT molecular complexity index is 595. The van der Waals surface area contributed by atoms with Crippen LogP contribution in [-0.4, -0.2) is 32.4 Å². The lowest BCUT2D eigenvalue weighted by molar-refractivity contribution is -0.143. The number of nitrogens with one attached hydrogen (secondary N) is 2. The van der Waals surface area contributed by atoms with Crippen LogP contribution in [0.3, 0.4) is 0 Å². The molecule has 0 saturated carbocycles. The van der Waals surface area contributed by atoms with Crippen molar-refractivity contribution in [2.45, 2.75) is 25.7 Å². The number of carbonyl (C=O) groups excluding carboxylic acids is 2. The quantitative estimate of drug-likeness (QED) is 0.274. The summed E-state index contributed by atoms with van der Waals surface area (Å²) in [4.78, 5) is 23.5. The smallest absolute Gasteiger partial charge is 0.313 e. The molecule has 6 nitrogen and oxygen atoms in total. The van der Waals surface area contributed by atoms with E-state index in [1.807, 2.05) is 19.1 Å². The van der Waals surface area contributed by atoms with Gasteiger partial charge in [-0.15, -0.1) is 0 Å². The predicted molar refractivity (Wildman–Crippen MR) is 101 cm³/mol. The molecule has 126 valence electrons. The van der Waals surface area contributed by atoms with Crippen LogP contribution in [-0.2, 0) is 19.1 Å². The summed E-state index contributed by atoms with van der Waals surface area (Å²) < 4.78 is 9.53. The Labute approximate surface area is 150 Å². The number of carbonyl (C=O) groups is 2. The summed E-state index contributed by atoms with van der Waals surface area (Å²) in [6, 6.07) is 3.72. The molecule has 0 bridgehead atoms. The van der Waals surface area contributed by atoms with Gasteiger partial charge in [-0.1, -0.05) is 0 Å². The lowest BCUT2D eigenvalue weighted by Crippen LogP contribution is -2.17. The van der Waals surface area contributed by atoms with Crippen LogP contribution in [0, 0.1) is 12.3 Å². The molecular weight excluding hydrogens is 430 g/mol. The van der Waals surface area contributed by atoms with E-state index in [2.05, 4.69) is 31.9 Å². The summed E-state index contributed by atoms with van der Waals surface area (Å²) in [5.41, 5.74) is 3.22. The number of benzene rings is 1. The Balaban J connectivity index is 3.23. The molecule has 0 amide bonds. The predicted octanol–water partition coefficient (Wildman–Crippen LogP) is 3.56. The molecule has 1 aromatic carbocycles. The number of rotatable bonds is 8. The average molecular weight is 450 g/mol. The topological polar surface area (TPSA) is 88.5 Å². The zero-order valence-corrected chi connectivity index (χ0v) is 16.4. The fraction of sp³-hybridized carbons (Fsp3) is 0.400. The lowest BCUT2D eigenvalue weighted by atomic mass is 9.89. The maximum Gasteiger partial charge on any atom is 0.313 e. The summed E-state index contributed by atoms with van der Waals surface area (Å²) >= 11 is 2.20. The van der Waals surface area contributed by atoms with E-state index in [4.69, 9.17) is 10.1 Å². The van der Waals surface area contributed by atoms with E-state index in [9.17, 15) is 9.59 Å². The van der Waals surface area contributed by atoms with E-state index < -0.39 is 5.92 Å². The van der Waals surface area contributed by atoms with Crippen LogP contribution < -0.4 is 5.09 Å². The Morgan fingerprint density at radius 3 is 2.61 bits per heavy atom. The normalized spacial score (nSPS) is 12.0. The maximum absolute atomic E-state index is 12.1. The van der Waals surface area contributed by atoms with Crippen molar-refractivity contribution in [2.75, 3.05) is 19.3 Å². The van der Waals surface area contributed by atoms with Gasteiger partial charge in [-0.3, -0.25) is 9.59 Å². The van der Waals surface area contributed by atoms with Crippen molar-refractivity contribution in [1.29, 1.82) is 5.41 Å². The van der Waals surface area contributed by atoms with Crippen molar-refractivity contribution in [3.8, 4) is 0 Å². The number of hydrogen-bond donors (Lipinski definition) is 2. The molecule has 0 aliphatic heterocycles. The molecule has 1 rings (SSSR count). The average Bonchev–Trinajstić information content (AvgIpc) is 2.56. The van der Waals surface area contributed by atoms with Crippen molar-refractivity contribution in [3.05, 3.63) is 28.8 Å². The molecule has 2 unspecified atom stereocenters. The van der Waals surface area contributed by atoms with Crippen LogP contribution in [0.4, 0.5) is 5.69 Å². The highest BCUT2D eigenvalue weighted by Crippen LogP contribution is 2.33. The Morgan fingerprint density at radius 1 is 1.39 bits per heavy atom. The van der Waals surface area contributed by atoms with Crippen LogP contribution >= 0.6 is 28.4 Å². The molecule has 0 aliphatic rings. The highest BCUT2D eigenvalue weighted by atomic mass is 127. The van der Waals surface area contributed by atoms with Gasteiger partial charge in [0.15, 0.2) is 0 Å². The minimum absolute atomic E-state index is 0.138. The molecule has 0 heterocycles. The van der Waals surface area contributed by atoms with E-state index in [1.54, 1.807) is 0 Å². The number of ether oxygens (including phenoxy) is 2. The standard InChI is InChI=1S/C15H20IN2O4P/c1-9-6-10(8-17)13(18-23-16)7-12(9)11(15(20)22-3)4-5-14(19)21-2/h6-8,11,17-18,23H,4-5H2,1-3H3. The maximum atomic E-state index is 12.1. The first-order valence-electron chi connectivity index (χ1n) is 6.89. The highest BCUT2D eigenvalue weighted by Gasteiger charge is 2.25. The zero-order valence-electron chi connectivity index (χ0n) is 13.2. The van der Waals surface area contributed by atoms with E-state index in [1.165, 1.54) is 20.4 Å². The number of methoxy groups -OCH3 is 2. The SMILES string of the molecule is COC(=O)CCC(C(=O)OC)c1cc(NPI)c(C=N)cc1C. The summed E-state index contributed by atoms with van der Waals surface area (Å²) in [6.07, 6.45) is 2.17. The number of halogens is 1. The monoisotopic (exact) mass is 450 g/mol. The second-order valence-electron chi connectivity index (χ2n) is 4.85. The Kier molecular flexibility index (Phi) is 8.47. The fourth-order valence-corrected chi connectivity index (χ4v) is 3.50. The number of esters is 2. The molecule has 8 heteroatoms. The van der Waals surface area contributed by atoms with E-state index >= 15 is 0 Å². The minimum atomic E-state index is -0.544. The van der Waals surface area contributed by atoms with Crippen molar-refractivity contribution in [3.63, 3.8) is 0 Å². The molecule has 2 atom stereocenters. The van der Waals surface area contributed by atoms with Gasteiger partial charge in [0.05, 0.1) is 20.1 Å². The molecule has 0 saturated heterocycles. The molecule has 0 aliphatic carbocycles. The third-order valence-electron chi connectivity index (χ3n) is 3.50. The molecular formula is C15H20IN2O4P. The largest absolute Gasteiger partial charge is 0.469 e. The molecule has 2 N–H and O–H groups in total. The molecule has 23 heavy (non-hydrogen) atoms. The van der Waals surface area contributed by atoms with Gasteiger partial charge in [0, 0.05) is 30.3 Å². The molecule has 0 fully saturated rings. The first-order chi connectivity index (χ1) is 11.0. The fourth-order valence-electron chi connectivity index (χ4n) is 2.31. The summed E-state index contributed by atoms with van der Waals surface area (Å²) in [5, 5.41) is 10.7. The van der Waals surface area contributed by atoms with Gasteiger partial charge in [0.1, 0.15) is 0 Å². The van der Waals surface area contributed by atoms with E-state index in [0.717, 1.165) is 22.4 Å². The molecule has 1 aromatic rings. The van der Waals surface area contributed by atoms with Gasteiger partial charge in [-0.05, 0) is 58.6 Å². The molecule has 0 aromatic heterocycles. The number of anilines is 1. The van der Waals surface area contributed by atoms with E-state index in [-0.39, 0.29) is 18.4 Å². The Morgan fingerprint density at radius 2 is 2.09 bits per heavy atom.